The Morgan fingerprint density at radius 3 is 2.17 bits per heavy atom. The van der Waals surface area contributed by atoms with E-state index in [0.717, 1.165) is 19.7 Å². The van der Waals surface area contributed by atoms with Crippen LogP contribution in [0.3, 0.4) is 0 Å². The summed E-state index contributed by atoms with van der Waals surface area (Å²) in [6, 6.07) is 29.8. The molecule has 0 amide bonds. The summed E-state index contributed by atoms with van der Waals surface area (Å²) in [5.74, 6) is 0.291. The van der Waals surface area contributed by atoms with E-state index in [-0.39, 0.29) is 6.10 Å². The number of rotatable bonds is 4. The van der Waals surface area contributed by atoms with Crippen molar-refractivity contribution in [2.45, 2.75) is 69.1 Å². The van der Waals surface area contributed by atoms with E-state index < -0.39 is 0 Å². The summed E-state index contributed by atoms with van der Waals surface area (Å²) in [4.78, 5) is 2.78. The van der Waals surface area contributed by atoms with Crippen molar-refractivity contribution in [2.24, 2.45) is 0 Å². The van der Waals surface area contributed by atoms with E-state index in [1.807, 2.05) is 0 Å². The molecule has 3 atom stereocenters. The molecular weight excluding hydrogens is 439 g/mol. The van der Waals surface area contributed by atoms with E-state index in [2.05, 4.69) is 96.4 Å². The maximum atomic E-state index is 6.58. The van der Waals surface area contributed by atoms with Gasteiger partial charge in [0, 0.05) is 36.8 Å². The molecule has 36 heavy (non-hydrogen) atoms. The number of fused-ring (bicyclic) bond motifs is 2. The highest BCUT2D eigenvalue weighted by atomic mass is 16.5. The highest BCUT2D eigenvalue weighted by Gasteiger charge is 2.37. The van der Waals surface area contributed by atoms with E-state index >= 15 is 0 Å². The second-order valence-electron chi connectivity index (χ2n) is 10.9. The molecule has 2 aliphatic heterocycles. The minimum Gasteiger partial charge on any atom is -0.382 e. The summed E-state index contributed by atoms with van der Waals surface area (Å²) < 4.78 is 6.58. The van der Waals surface area contributed by atoms with Crippen LogP contribution in [0.25, 0.3) is 0 Å². The summed E-state index contributed by atoms with van der Waals surface area (Å²) in [5, 5.41) is 3.88. The number of anilines is 1. The molecule has 3 aromatic carbocycles. The third kappa shape index (κ3) is 5.26. The number of morpholine rings is 1. The maximum Gasteiger partial charge on any atom is 0.192 e. The van der Waals surface area contributed by atoms with Crippen molar-refractivity contribution < 1.29 is 4.74 Å². The number of hydrogen-bond acceptors (Lipinski definition) is 3. The molecule has 3 nitrogen and oxygen atoms in total. The number of ether oxygens (including phenoxy) is 1. The Hall–Kier alpha value is -2.56. The normalized spacial score (nSPS) is 25.4. The smallest absolute Gasteiger partial charge is 0.192 e. The number of para-hydroxylation sites is 1. The standard InChI is InChI=1S/C32H38BN2O/c1-2-7-15-26(22-25(14-4-1)34-24-12-5-3-6-13-24)35-20-21-36-31(23-35)32-27-16-8-10-18-29(27)33-30-19-11-9-17-28(30)32/h3,5-6,8-13,16-19,25-26,31-32,34H,1-2,4,7,14-15,20-23H2. The molecule has 0 spiro atoms. The van der Waals surface area contributed by atoms with Gasteiger partial charge in [-0.3, -0.25) is 4.90 Å². The topological polar surface area (TPSA) is 24.5 Å². The van der Waals surface area contributed by atoms with Crippen LogP contribution in [0.15, 0.2) is 78.9 Å². The van der Waals surface area contributed by atoms with Crippen molar-refractivity contribution in [3.05, 3.63) is 90.0 Å². The fourth-order valence-electron chi connectivity index (χ4n) is 6.74. The zero-order valence-electron chi connectivity index (χ0n) is 21.3. The maximum absolute atomic E-state index is 6.58. The number of nitrogens with one attached hydrogen (secondary N) is 1. The molecule has 1 radical (unpaired) electrons. The lowest BCUT2D eigenvalue weighted by molar-refractivity contribution is -0.0527. The lowest BCUT2D eigenvalue weighted by Crippen LogP contribution is -2.53. The van der Waals surface area contributed by atoms with Crippen LogP contribution in [-0.2, 0) is 4.74 Å². The quantitative estimate of drug-likeness (QED) is 0.531. The van der Waals surface area contributed by atoms with E-state index in [0.29, 0.717) is 18.0 Å². The van der Waals surface area contributed by atoms with Crippen molar-refractivity contribution in [1.82, 2.24) is 4.90 Å². The Morgan fingerprint density at radius 2 is 1.42 bits per heavy atom. The van der Waals surface area contributed by atoms with Crippen LogP contribution in [0.5, 0.6) is 0 Å². The van der Waals surface area contributed by atoms with Gasteiger partial charge in [0.1, 0.15) is 0 Å². The molecule has 185 valence electrons. The number of nitrogens with zero attached hydrogens (tertiary/aromatic N) is 1. The van der Waals surface area contributed by atoms with Gasteiger partial charge in [0.05, 0.1) is 12.7 Å². The van der Waals surface area contributed by atoms with Crippen molar-refractivity contribution in [3.8, 4) is 0 Å². The average molecular weight is 477 g/mol. The van der Waals surface area contributed by atoms with Crippen LogP contribution in [0, 0.1) is 0 Å². The van der Waals surface area contributed by atoms with E-state index in [1.54, 1.807) is 0 Å². The first-order chi connectivity index (χ1) is 17.8. The molecular formula is C32H38BN2O. The van der Waals surface area contributed by atoms with Crippen LogP contribution < -0.4 is 16.2 Å². The molecule has 0 bridgehead atoms. The monoisotopic (exact) mass is 477 g/mol. The van der Waals surface area contributed by atoms with Gasteiger partial charge in [-0.05, 0) is 42.5 Å². The first-order valence-electron chi connectivity index (χ1n) is 14.0. The molecule has 2 fully saturated rings. The van der Waals surface area contributed by atoms with Crippen molar-refractivity contribution in [3.63, 3.8) is 0 Å². The van der Waals surface area contributed by atoms with Crippen molar-refractivity contribution in [2.75, 3.05) is 25.0 Å². The van der Waals surface area contributed by atoms with Crippen molar-refractivity contribution >= 4 is 23.9 Å². The molecule has 1 aliphatic carbocycles. The first kappa shape index (κ1) is 23.8. The van der Waals surface area contributed by atoms with Crippen LogP contribution in [0.2, 0.25) is 0 Å². The minimum absolute atomic E-state index is 0.183. The van der Waals surface area contributed by atoms with Gasteiger partial charge in [-0.1, -0.05) is 103 Å². The highest BCUT2D eigenvalue weighted by Crippen LogP contribution is 2.34. The predicted octanol–water partition coefficient (Wildman–Crippen LogP) is 5.08. The van der Waals surface area contributed by atoms with Crippen LogP contribution in [-0.4, -0.2) is 50.1 Å². The Kier molecular flexibility index (Phi) is 7.43. The van der Waals surface area contributed by atoms with Gasteiger partial charge in [0.25, 0.3) is 0 Å². The lowest BCUT2D eigenvalue weighted by atomic mass is 9.53. The third-order valence-electron chi connectivity index (χ3n) is 8.53. The largest absolute Gasteiger partial charge is 0.382 e. The fraction of sp³-hybridized carbons (Fsp3) is 0.438. The fourth-order valence-corrected chi connectivity index (χ4v) is 6.74. The zero-order valence-corrected chi connectivity index (χ0v) is 21.3. The molecule has 6 rings (SSSR count). The SMILES string of the molecule is [B]1c2ccccc2C(C2CN(C3CCCCCCC(Nc4ccccc4)C3)CCO2)c2ccccc21. The summed E-state index contributed by atoms with van der Waals surface area (Å²) in [7, 11) is 2.35. The summed E-state index contributed by atoms with van der Waals surface area (Å²) in [6.07, 6.45) is 9.35. The second kappa shape index (κ2) is 11.2. The number of hydrogen-bond donors (Lipinski definition) is 1. The van der Waals surface area contributed by atoms with Crippen LogP contribution in [0.4, 0.5) is 5.69 Å². The van der Waals surface area contributed by atoms with Gasteiger partial charge in [0.15, 0.2) is 7.28 Å². The summed E-state index contributed by atoms with van der Waals surface area (Å²) in [5.41, 5.74) is 6.78. The second-order valence-corrected chi connectivity index (χ2v) is 10.9. The van der Waals surface area contributed by atoms with E-state index in [4.69, 9.17) is 4.74 Å². The summed E-state index contributed by atoms with van der Waals surface area (Å²) in [6.45, 7) is 2.87. The molecule has 0 aromatic heterocycles. The molecule has 1 saturated carbocycles. The molecule has 1 saturated heterocycles. The van der Waals surface area contributed by atoms with Gasteiger partial charge >= 0.3 is 0 Å². The Labute approximate surface area is 217 Å². The van der Waals surface area contributed by atoms with Gasteiger partial charge < -0.3 is 10.1 Å². The molecule has 1 N–H and O–H groups in total. The van der Waals surface area contributed by atoms with Crippen LogP contribution >= 0.6 is 0 Å². The van der Waals surface area contributed by atoms with Crippen molar-refractivity contribution in [1.29, 1.82) is 0 Å². The Balaban J connectivity index is 1.23. The van der Waals surface area contributed by atoms with E-state index in [1.165, 1.54) is 72.7 Å². The number of benzene rings is 3. The van der Waals surface area contributed by atoms with Gasteiger partial charge in [0.2, 0.25) is 0 Å². The van der Waals surface area contributed by atoms with E-state index in [9.17, 15) is 0 Å². The van der Waals surface area contributed by atoms with Gasteiger partial charge in [-0.15, -0.1) is 0 Å². The Morgan fingerprint density at radius 1 is 0.750 bits per heavy atom. The zero-order chi connectivity index (χ0) is 24.2. The Bertz CT molecular complexity index is 1090. The first-order valence-corrected chi connectivity index (χ1v) is 14.0. The third-order valence-corrected chi connectivity index (χ3v) is 8.53. The molecule has 3 aromatic rings. The average Bonchev–Trinajstić information content (AvgIpc) is 3.04. The highest BCUT2D eigenvalue weighted by molar-refractivity contribution is 6.69. The minimum atomic E-state index is 0.183. The van der Waals surface area contributed by atoms with Gasteiger partial charge in [-0.2, -0.15) is 0 Å². The van der Waals surface area contributed by atoms with Gasteiger partial charge in [-0.25, -0.2) is 0 Å². The molecule has 3 aliphatic rings. The van der Waals surface area contributed by atoms with Crippen LogP contribution in [0.1, 0.15) is 62.0 Å². The molecule has 2 heterocycles. The lowest BCUT2D eigenvalue weighted by Gasteiger charge is -2.43. The molecule has 3 unspecified atom stereocenters. The summed E-state index contributed by atoms with van der Waals surface area (Å²) >= 11 is 0. The predicted molar refractivity (Wildman–Crippen MR) is 151 cm³/mol. The molecule has 4 heteroatoms.